The molecular weight excluding hydrogens is 481 g/mol. The van der Waals surface area contributed by atoms with E-state index in [-0.39, 0.29) is 24.6 Å². The smallest absolute Gasteiger partial charge is 0.244 e. The first-order chi connectivity index (χ1) is 17.1. The summed E-state index contributed by atoms with van der Waals surface area (Å²) in [5.74, 6) is -1.59. The topological polar surface area (TPSA) is 86.8 Å². The van der Waals surface area contributed by atoms with Gasteiger partial charge >= 0.3 is 0 Å². The fourth-order valence-corrected chi connectivity index (χ4v) is 4.70. The lowest BCUT2D eigenvalue weighted by atomic mass is 10.0. The van der Waals surface area contributed by atoms with Crippen LogP contribution in [0.15, 0.2) is 78.9 Å². The molecular formula is C27H30FN3O4S. The number of nitrogens with one attached hydrogen (secondary N) is 1. The van der Waals surface area contributed by atoms with Crippen LogP contribution in [0.25, 0.3) is 0 Å². The number of benzene rings is 3. The number of anilines is 1. The van der Waals surface area contributed by atoms with E-state index in [9.17, 15) is 22.4 Å². The zero-order chi connectivity index (χ0) is 26.3. The number of aryl methyl sites for hydroxylation is 1. The molecule has 190 valence electrons. The van der Waals surface area contributed by atoms with Gasteiger partial charge in [-0.1, -0.05) is 66.2 Å². The molecule has 0 saturated carbocycles. The summed E-state index contributed by atoms with van der Waals surface area (Å²) in [4.78, 5) is 28.1. The zero-order valence-electron chi connectivity index (χ0n) is 20.5. The van der Waals surface area contributed by atoms with Crippen LogP contribution in [0.4, 0.5) is 10.1 Å². The van der Waals surface area contributed by atoms with Crippen LogP contribution in [0.3, 0.4) is 0 Å². The van der Waals surface area contributed by atoms with E-state index in [1.165, 1.54) is 30.1 Å². The Morgan fingerprint density at radius 2 is 1.61 bits per heavy atom. The van der Waals surface area contributed by atoms with E-state index in [0.29, 0.717) is 0 Å². The van der Waals surface area contributed by atoms with E-state index in [1.54, 1.807) is 0 Å². The Kier molecular flexibility index (Phi) is 8.82. The van der Waals surface area contributed by atoms with Crippen LogP contribution in [0.2, 0.25) is 0 Å². The third kappa shape index (κ3) is 7.14. The van der Waals surface area contributed by atoms with Crippen LogP contribution in [-0.4, -0.2) is 51.0 Å². The highest BCUT2D eigenvalue weighted by Gasteiger charge is 2.32. The summed E-state index contributed by atoms with van der Waals surface area (Å²) >= 11 is 0. The second kappa shape index (κ2) is 11.8. The molecule has 7 nitrogen and oxygen atoms in total. The monoisotopic (exact) mass is 511 g/mol. The number of hydrogen-bond donors (Lipinski definition) is 1. The Bertz CT molecular complexity index is 1300. The molecule has 0 saturated heterocycles. The third-order valence-corrected chi connectivity index (χ3v) is 6.91. The lowest BCUT2D eigenvalue weighted by Gasteiger charge is -2.33. The Morgan fingerprint density at radius 1 is 0.944 bits per heavy atom. The van der Waals surface area contributed by atoms with Crippen molar-refractivity contribution in [2.24, 2.45) is 0 Å². The number of sulfonamides is 1. The van der Waals surface area contributed by atoms with Crippen LogP contribution < -0.4 is 9.62 Å². The molecule has 9 heteroatoms. The molecule has 3 aromatic carbocycles. The van der Waals surface area contributed by atoms with Crippen LogP contribution in [-0.2, 0) is 32.6 Å². The normalized spacial score (nSPS) is 12.0. The van der Waals surface area contributed by atoms with Crippen molar-refractivity contribution < 1.29 is 22.4 Å². The fourth-order valence-electron chi connectivity index (χ4n) is 3.86. The summed E-state index contributed by atoms with van der Waals surface area (Å²) in [5, 5.41) is 2.62. The minimum atomic E-state index is -3.93. The molecule has 0 aliphatic carbocycles. The lowest BCUT2D eigenvalue weighted by molar-refractivity contribution is -0.139. The lowest BCUT2D eigenvalue weighted by Crippen LogP contribution is -2.52. The highest BCUT2D eigenvalue weighted by atomic mass is 32.2. The standard InChI is InChI=1S/C27H30FN3O4S/c1-20-12-14-22(15-13-20)18-30(25(27(33)29-2)16-21-8-5-4-6-9-21)26(32)19-31(36(3,34)35)24-11-7-10-23(28)17-24/h4-15,17,25H,16,18-19H2,1-3H3,(H,29,33)/t25-/m0/s1. The molecule has 1 atom stereocenters. The van der Waals surface area contributed by atoms with Gasteiger partial charge in [-0.05, 0) is 36.2 Å². The number of carbonyl (C=O) groups excluding carboxylic acids is 2. The van der Waals surface area contributed by atoms with E-state index < -0.39 is 34.3 Å². The molecule has 0 aliphatic rings. The summed E-state index contributed by atoms with van der Waals surface area (Å²) in [5.41, 5.74) is 2.70. The number of likely N-dealkylation sites (N-methyl/N-ethyl adjacent to an activating group) is 1. The first kappa shape index (κ1) is 26.9. The van der Waals surface area contributed by atoms with Gasteiger partial charge in [0, 0.05) is 20.0 Å². The van der Waals surface area contributed by atoms with Crippen molar-refractivity contribution in [1.29, 1.82) is 0 Å². The Hall–Kier alpha value is -3.72. The van der Waals surface area contributed by atoms with Crippen LogP contribution in [0.5, 0.6) is 0 Å². The first-order valence-corrected chi connectivity index (χ1v) is 13.3. The van der Waals surface area contributed by atoms with Gasteiger partial charge in [-0.2, -0.15) is 0 Å². The van der Waals surface area contributed by atoms with Crippen LogP contribution >= 0.6 is 0 Å². The zero-order valence-corrected chi connectivity index (χ0v) is 21.3. The molecule has 1 N–H and O–H groups in total. The minimum Gasteiger partial charge on any atom is -0.357 e. The maximum Gasteiger partial charge on any atom is 0.244 e. The summed E-state index contributed by atoms with van der Waals surface area (Å²) in [6.07, 6.45) is 1.19. The van der Waals surface area contributed by atoms with Crippen molar-refractivity contribution in [1.82, 2.24) is 10.2 Å². The molecule has 3 rings (SSSR count). The quantitative estimate of drug-likeness (QED) is 0.453. The summed E-state index contributed by atoms with van der Waals surface area (Å²) < 4.78 is 39.9. The van der Waals surface area contributed by atoms with Gasteiger partial charge in [-0.3, -0.25) is 13.9 Å². The number of amides is 2. The minimum absolute atomic E-state index is 0.0284. The number of halogens is 1. The maximum absolute atomic E-state index is 13.9. The summed E-state index contributed by atoms with van der Waals surface area (Å²) in [6.45, 7) is 1.44. The van der Waals surface area contributed by atoms with Gasteiger partial charge in [-0.25, -0.2) is 12.8 Å². The molecule has 36 heavy (non-hydrogen) atoms. The summed E-state index contributed by atoms with van der Waals surface area (Å²) in [7, 11) is -2.44. The van der Waals surface area contributed by atoms with E-state index >= 15 is 0 Å². The van der Waals surface area contributed by atoms with Crippen molar-refractivity contribution >= 4 is 27.5 Å². The van der Waals surface area contributed by atoms with Gasteiger partial charge in [-0.15, -0.1) is 0 Å². The predicted octanol–water partition coefficient (Wildman–Crippen LogP) is 3.29. The van der Waals surface area contributed by atoms with Crippen molar-refractivity contribution in [3.8, 4) is 0 Å². The fraction of sp³-hybridized carbons (Fsp3) is 0.259. The molecule has 0 unspecified atom stereocenters. The third-order valence-electron chi connectivity index (χ3n) is 5.77. The SMILES string of the molecule is CNC(=O)[C@H](Cc1ccccc1)N(Cc1ccc(C)cc1)C(=O)CN(c1cccc(F)c1)S(C)(=O)=O. The van der Waals surface area contributed by atoms with Crippen molar-refractivity contribution in [2.75, 3.05) is 24.2 Å². The Balaban J connectivity index is 2.01. The maximum atomic E-state index is 13.9. The second-order valence-electron chi connectivity index (χ2n) is 8.58. The molecule has 0 bridgehead atoms. The van der Waals surface area contributed by atoms with E-state index in [0.717, 1.165) is 33.3 Å². The molecule has 0 fully saturated rings. The van der Waals surface area contributed by atoms with Gasteiger partial charge in [0.1, 0.15) is 18.4 Å². The van der Waals surface area contributed by atoms with E-state index in [4.69, 9.17) is 0 Å². The van der Waals surface area contributed by atoms with E-state index in [2.05, 4.69) is 5.32 Å². The highest BCUT2D eigenvalue weighted by Crippen LogP contribution is 2.21. The molecule has 0 radical (unpaired) electrons. The Morgan fingerprint density at radius 3 is 2.19 bits per heavy atom. The largest absolute Gasteiger partial charge is 0.357 e. The van der Waals surface area contributed by atoms with Crippen molar-refractivity contribution in [3.63, 3.8) is 0 Å². The molecule has 0 heterocycles. The number of hydrogen-bond acceptors (Lipinski definition) is 4. The van der Waals surface area contributed by atoms with Crippen LogP contribution in [0.1, 0.15) is 16.7 Å². The average Bonchev–Trinajstić information content (AvgIpc) is 2.85. The van der Waals surface area contributed by atoms with Gasteiger partial charge in [0.2, 0.25) is 21.8 Å². The van der Waals surface area contributed by atoms with Gasteiger partial charge in [0.25, 0.3) is 0 Å². The predicted molar refractivity (Wildman–Crippen MR) is 138 cm³/mol. The summed E-state index contributed by atoms with van der Waals surface area (Å²) in [6, 6.07) is 20.9. The van der Waals surface area contributed by atoms with Crippen LogP contribution in [0, 0.1) is 12.7 Å². The van der Waals surface area contributed by atoms with Crippen molar-refractivity contribution in [3.05, 3.63) is 101 Å². The molecule has 0 aliphatic heterocycles. The number of carbonyl (C=O) groups is 2. The number of rotatable bonds is 10. The highest BCUT2D eigenvalue weighted by molar-refractivity contribution is 7.92. The molecule has 0 spiro atoms. The van der Waals surface area contributed by atoms with Gasteiger partial charge in [0.05, 0.1) is 11.9 Å². The first-order valence-electron chi connectivity index (χ1n) is 11.4. The van der Waals surface area contributed by atoms with Gasteiger partial charge < -0.3 is 10.2 Å². The van der Waals surface area contributed by atoms with Crippen molar-refractivity contribution in [2.45, 2.75) is 25.9 Å². The molecule has 3 aromatic rings. The van der Waals surface area contributed by atoms with E-state index in [1.807, 2.05) is 61.5 Å². The molecule has 0 aromatic heterocycles. The average molecular weight is 512 g/mol. The second-order valence-corrected chi connectivity index (χ2v) is 10.5. The Labute approximate surface area is 211 Å². The molecule has 2 amide bonds. The van der Waals surface area contributed by atoms with Gasteiger partial charge in [0.15, 0.2) is 0 Å². The number of nitrogens with zero attached hydrogens (tertiary/aromatic N) is 2.